The van der Waals surface area contributed by atoms with E-state index in [-0.39, 0.29) is 42.5 Å². The number of anilines is 1. The Hall–Kier alpha value is -4.15. The molecular weight excluding hydrogens is 606 g/mol. The summed E-state index contributed by atoms with van der Waals surface area (Å²) < 4.78 is 18.1. The van der Waals surface area contributed by atoms with Crippen LogP contribution < -0.4 is 20.1 Å². The number of rotatable bonds is 12. The number of pyridine rings is 1. The highest BCUT2D eigenvalue weighted by Gasteiger charge is 2.31. The first-order chi connectivity index (χ1) is 23.3. The van der Waals surface area contributed by atoms with Crippen LogP contribution in [0.25, 0.3) is 0 Å². The zero-order chi connectivity index (χ0) is 33.9. The molecule has 10 heteroatoms. The topological polar surface area (TPSA) is 105 Å². The number of amides is 3. The molecular formula is C38H51N5O5. The van der Waals surface area contributed by atoms with Gasteiger partial charge in [-0.1, -0.05) is 38.3 Å². The largest absolute Gasteiger partial charge is 0.497 e. The highest BCUT2D eigenvalue weighted by Crippen LogP contribution is 2.30. The Bertz CT molecular complexity index is 1460. The van der Waals surface area contributed by atoms with Crippen LogP contribution in [0.2, 0.25) is 0 Å². The Morgan fingerprint density at radius 1 is 1.06 bits per heavy atom. The lowest BCUT2D eigenvalue weighted by atomic mass is 9.96. The maximum atomic E-state index is 14.0. The normalized spacial score (nSPS) is 19.4. The summed E-state index contributed by atoms with van der Waals surface area (Å²) >= 11 is 0. The van der Waals surface area contributed by atoms with Gasteiger partial charge >= 0.3 is 6.03 Å². The molecule has 48 heavy (non-hydrogen) atoms. The monoisotopic (exact) mass is 657 g/mol. The quantitative estimate of drug-likeness (QED) is 0.244. The van der Waals surface area contributed by atoms with Gasteiger partial charge in [0.25, 0.3) is 0 Å². The van der Waals surface area contributed by atoms with Crippen LogP contribution in [0.3, 0.4) is 0 Å². The second-order valence-electron chi connectivity index (χ2n) is 13.4. The summed E-state index contributed by atoms with van der Waals surface area (Å²) in [6, 6.07) is 17.3. The summed E-state index contributed by atoms with van der Waals surface area (Å²) in [4.78, 5) is 35.2. The molecule has 2 N–H and O–H groups in total. The molecule has 0 radical (unpaired) electrons. The third-order valence-corrected chi connectivity index (χ3v) is 9.33. The smallest absolute Gasteiger partial charge is 0.319 e. The van der Waals surface area contributed by atoms with Crippen molar-refractivity contribution in [2.24, 2.45) is 5.92 Å². The molecule has 3 aromatic rings. The van der Waals surface area contributed by atoms with E-state index in [0.717, 1.165) is 49.1 Å². The van der Waals surface area contributed by atoms with Crippen LogP contribution in [-0.2, 0) is 29.1 Å². The molecule has 1 saturated carbocycles. The Kier molecular flexibility index (Phi) is 12.7. The average molecular weight is 658 g/mol. The zero-order valence-corrected chi connectivity index (χ0v) is 28.8. The van der Waals surface area contributed by atoms with Gasteiger partial charge < -0.3 is 29.7 Å². The van der Waals surface area contributed by atoms with Gasteiger partial charge in [-0.2, -0.15) is 0 Å². The fourth-order valence-corrected chi connectivity index (χ4v) is 6.56. The first-order valence-electron chi connectivity index (χ1n) is 17.2. The fraction of sp³-hybridized carbons (Fsp3) is 0.500. The second-order valence-corrected chi connectivity index (χ2v) is 13.4. The minimum Gasteiger partial charge on any atom is -0.497 e. The second kappa shape index (κ2) is 17.3. The molecule has 3 amide bonds. The van der Waals surface area contributed by atoms with Gasteiger partial charge in [0, 0.05) is 55.2 Å². The third-order valence-electron chi connectivity index (χ3n) is 9.33. The molecule has 2 aliphatic rings. The van der Waals surface area contributed by atoms with Gasteiger partial charge in [-0.3, -0.25) is 14.7 Å². The van der Waals surface area contributed by atoms with E-state index in [1.54, 1.807) is 19.5 Å². The molecule has 0 bridgehead atoms. The van der Waals surface area contributed by atoms with Gasteiger partial charge in [0.1, 0.15) is 17.6 Å². The summed E-state index contributed by atoms with van der Waals surface area (Å²) in [5, 5.41) is 6.11. The van der Waals surface area contributed by atoms with Gasteiger partial charge in [-0.15, -0.1) is 0 Å². The number of fused-ring (bicyclic) bond motifs is 1. The van der Waals surface area contributed by atoms with E-state index in [1.165, 1.54) is 12.0 Å². The van der Waals surface area contributed by atoms with Gasteiger partial charge in [0.15, 0.2) is 0 Å². The third kappa shape index (κ3) is 10.2. The number of benzene rings is 2. The molecule has 1 aliphatic heterocycles. The molecule has 2 heterocycles. The van der Waals surface area contributed by atoms with Crippen molar-refractivity contribution in [1.29, 1.82) is 0 Å². The van der Waals surface area contributed by atoms with Crippen LogP contribution in [-0.4, -0.2) is 78.8 Å². The minimum atomic E-state index is -0.217. The predicted octanol–water partition coefficient (Wildman–Crippen LogP) is 6.05. The van der Waals surface area contributed by atoms with Crippen LogP contribution in [0.5, 0.6) is 11.5 Å². The average Bonchev–Trinajstić information content (AvgIpc) is 3.13. The van der Waals surface area contributed by atoms with Crippen molar-refractivity contribution in [1.82, 2.24) is 20.1 Å². The van der Waals surface area contributed by atoms with Crippen molar-refractivity contribution >= 4 is 17.6 Å². The van der Waals surface area contributed by atoms with Crippen molar-refractivity contribution in [3.63, 3.8) is 0 Å². The van der Waals surface area contributed by atoms with Gasteiger partial charge in [-0.25, -0.2) is 4.79 Å². The number of methoxy groups -OCH3 is 1. The molecule has 1 aromatic heterocycles. The number of carbonyl (C=O) groups excluding carboxylic acids is 2. The number of nitrogens with zero attached hydrogens (tertiary/aromatic N) is 3. The van der Waals surface area contributed by atoms with Crippen molar-refractivity contribution in [2.45, 2.75) is 83.7 Å². The van der Waals surface area contributed by atoms with Crippen LogP contribution in [0, 0.1) is 5.92 Å². The lowest BCUT2D eigenvalue weighted by molar-refractivity contribution is -0.134. The Balaban J connectivity index is 1.32. The van der Waals surface area contributed by atoms with Crippen molar-refractivity contribution in [2.75, 3.05) is 39.2 Å². The number of aromatic nitrogens is 1. The van der Waals surface area contributed by atoms with Crippen LogP contribution >= 0.6 is 0 Å². The number of hydrogen-bond donors (Lipinski definition) is 2. The molecule has 0 saturated heterocycles. The molecule has 3 atom stereocenters. The maximum absolute atomic E-state index is 14.0. The van der Waals surface area contributed by atoms with Crippen LogP contribution in [0.1, 0.15) is 62.6 Å². The number of hydrogen-bond acceptors (Lipinski definition) is 7. The number of ether oxygens (including phenoxy) is 3. The Labute approximate surface area is 285 Å². The maximum Gasteiger partial charge on any atom is 0.319 e. The van der Waals surface area contributed by atoms with Crippen molar-refractivity contribution in [3.8, 4) is 11.5 Å². The lowest BCUT2D eigenvalue weighted by Gasteiger charge is -2.34. The predicted molar refractivity (Wildman–Crippen MR) is 187 cm³/mol. The van der Waals surface area contributed by atoms with E-state index < -0.39 is 0 Å². The van der Waals surface area contributed by atoms with E-state index in [1.807, 2.05) is 66.4 Å². The number of carbonyl (C=O) groups is 2. The summed E-state index contributed by atoms with van der Waals surface area (Å²) in [6.45, 7) is 6.97. The summed E-state index contributed by atoms with van der Waals surface area (Å²) in [5.74, 6) is 1.50. The first-order valence-corrected chi connectivity index (χ1v) is 17.2. The summed E-state index contributed by atoms with van der Waals surface area (Å²) in [7, 11) is 3.73. The highest BCUT2D eigenvalue weighted by molar-refractivity contribution is 5.90. The Morgan fingerprint density at radius 3 is 2.54 bits per heavy atom. The molecule has 10 nitrogen and oxygen atoms in total. The summed E-state index contributed by atoms with van der Waals surface area (Å²) in [5.41, 5.74) is 3.60. The molecule has 258 valence electrons. The van der Waals surface area contributed by atoms with Gasteiger partial charge in [-0.05, 0) is 80.4 Å². The van der Waals surface area contributed by atoms with E-state index in [0.29, 0.717) is 37.7 Å². The molecule has 1 aliphatic carbocycles. The molecule has 5 rings (SSSR count). The van der Waals surface area contributed by atoms with E-state index in [9.17, 15) is 9.59 Å². The molecule has 2 aromatic carbocycles. The SMILES string of the molecule is COc1ccc(COC[C@H](C)N2C[C@@H](C)[C@H](CN(C)Cc3ccncc3)Oc3ccc(NC(=O)NC4CCCCC4)cc3CC2=O)cc1. The zero-order valence-electron chi connectivity index (χ0n) is 28.8. The summed E-state index contributed by atoms with van der Waals surface area (Å²) in [6.07, 6.45) is 9.10. The number of nitrogens with one attached hydrogen (secondary N) is 2. The van der Waals surface area contributed by atoms with E-state index in [2.05, 4.69) is 34.5 Å². The highest BCUT2D eigenvalue weighted by atomic mass is 16.5. The fourth-order valence-electron chi connectivity index (χ4n) is 6.56. The Morgan fingerprint density at radius 2 is 1.81 bits per heavy atom. The molecule has 0 spiro atoms. The van der Waals surface area contributed by atoms with E-state index >= 15 is 0 Å². The van der Waals surface area contributed by atoms with E-state index in [4.69, 9.17) is 14.2 Å². The number of likely N-dealkylation sites (N-methyl/N-ethyl adjacent to an activating group) is 1. The molecule has 1 fully saturated rings. The lowest BCUT2D eigenvalue weighted by Crippen LogP contribution is -2.47. The van der Waals surface area contributed by atoms with Gasteiger partial charge in [0.2, 0.25) is 5.91 Å². The standard InChI is InChI=1S/C38H51N5O5/c1-27-22-43(28(2)25-47-26-30-10-13-34(46-4)14-11-30)37(44)21-31-20-33(41-38(45)40-32-8-6-5-7-9-32)12-15-35(31)48-36(27)24-42(3)23-29-16-18-39-19-17-29/h10-20,27-28,32,36H,5-9,21-26H2,1-4H3,(H2,40,41,45)/t27-,28+,36+/m1/s1. The van der Waals surface area contributed by atoms with Crippen molar-refractivity contribution < 1.29 is 23.8 Å². The number of urea groups is 1. The van der Waals surface area contributed by atoms with Crippen LogP contribution in [0.15, 0.2) is 67.0 Å². The first kappa shape index (κ1) is 35.2. The van der Waals surface area contributed by atoms with Gasteiger partial charge in [0.05, 0.1) is 32.8 Å². The van der Waals surface area contributed by atoms with Crippen molar-refractivity contribution in [3.05, 3.63) is 83.7 Å². The molecule has 0 unspecified atom stereocenters. The minimum absolute atomic E-state index is 0.00171. The van der Waals surface area contributed by atoms with Crippen LogP contribution in [0.4, 0.5) is 10.5 Å².